The Morgan fingerprint density at radius 2 is 2.07 bits per heavy atom. The molecular formula is C16H9N9OS. The number of amides is 1. The molecule has 0 aliphatic rings. The number of nitrogens with zero attached hydrogens (tertiary/aromatic N) is 8. The highest BCUT2D eigenvalue weighted by Gasteiger charge is 2.19. The van der Waals surface area contributed by atoms with Crippen LogP contribution < -0.4 is 5.32 Å². The van der Waals surface area contributed by atoms with Crippen molar-refractivity contribution in [3.05, 3.63) is 59.9 Å². The van der Waals surface area contributed by atoms with Gasteiger partial charge in [0.2, 0.25) is 0 Å². The van der Waals surface area contributed by atoms with Crippen LogP contribution in [0, 0.1) is 11.3 Å². The van der Waals surface area contributed by atoms with Gasteiger partial charge in [0, 0.05) is 6.20 Å². The van der Waals surface area contributed by atoms with Crippen molar-refractivity contribution < 1.29 is 4.79 Å². The summed E-state index contributed by atoms with van der Waals surface area (Å²) >= 11 is 1.06. The number of hydrogen-bond acceptors (Lipinski definition) is 9. The number of aromatic nitrogens is 7. The maximum atomic E-state index is 12.6. The normalized spacial score (nSPS) is 10.3. The van der Waals surface area contributed by atoms with E-state index in [1.54, 1.807) is 24.4 Å². The predicted molar refractivity (Wildman–Crippen MR) is 95.0 cm³/mol. The van der Waals surface area contributed by atoms with Gasteiger partial charge < -0.3 is 0 Å². The zero-order valence-electron chi connectivity index (χ0n) is 13.5. The van der Waals surface area contributed by atoms with Gasteiger partial charge in [-0.2, -0.15) is 5.26 Å². The van der Waals surface area contributed by atoms with Crippen molar-refractivity contribution in [1.29, 1.82) is 5.26 Å². The number of thiazole rings is 1. The minimum absolute atomic E-state index is 0.179. The molecule has 4 aromatic rings. The van der Waals surface area contributed by atoms with Crippen molar-refractivity contribution >= 4 is 22.4 Å². The van der Waals surface area contributed by atoms with E-state index in [0.29, 0.717) is 22.0 Å². The van der Waals surface area contributed by atoms with Crippen molar-refractivity contribution in [2.75, 3.05) is 5.32 Å². The summed E-state index contributed by atoms with van der Waals surface area (Å²) in [4.78, 5) is 29.3. The minimum Gasteiger partial charge on any atom is -0.296 e. The summed E-state index contributed by atoms with van der Waals surface area (Å²) in [6.07, 6.45) is 7.32. The van der Waals surface area contributed by atoms with Crippen LogP contribution in [0.2, 0.25) is 0 Å². The molecule has 0 aliphatic heterocycles. The number of nitriles is 1. The van der Waals surface area contributed by atoms with Gasteiger partial charge in [0.1, 0.15) is 28.7 Å². The maximum absolute atomic E-state index is 12.6. The van der Waals surface area contributed by atoms with Gasteiger partial charge in [-0.3, -0.25) is 15.1 Å². The quantitative estimate of drug-likeness (QED) is 0.569. The Balaban J connectivity index is 1.63. The molecule has 0 aliphatic carbocycles. The Hall–Kier alpha value is -4.04. The summed E-state index contributed by atoms with van der Waals surface area (Å²) in [6, 6.07) is 7.39. The Kier molecular flexibility index (Phi) is 4.30. The zero-order valence-corrected chi connectivity index (χ0v) is 14.3. The highest BCUT2D eigenvalue weighted by Crippen LogP contribution is 2.29. The van der Waals surface area contributed by atoms with E-state index in [1.807, 2.05) is 0 Å². The third kappa shape index (κ3) is 3.24. The molecule has 1 amide bonds. The Bertz CT molecular complexity index is 1130. The van der Waals surface area contributed by atoms with Crippen LogP contribution in [0.4, 0.5) is 5.13 Å². The van der Waals surface area contributed by atoms with E-state index in [-0.39, 0.29) is 10.8 Å². The van der Waals surface area contributed by atoms with E-state index < -0.39 is 5.91 Å². The number of pyridine rings is 1. The molecule has 0 radical (unpaired) electrons. The Morgan fingerprint density at radius 3 is 2.81 bits per heavy atom. The lowest BCUT2D eigenvalue weighted by Gasteiger charge is -2.04. The smallest absolute Gasteiger partial charge is 0.277 e. The summed E-state index contributed by atoms with van der Waals surface area (Å²) in [5, 5.41) is 19.9. The molecule has 0 spiro atoms. The first-order valence-electron chi connectivity index (χ1n) is 7.56. The highest BCUT2D eigenvalue weighted by molar-refractivity contribution is 7.16. The average Bonchev–Trinajstić information content (AvgIpc) is 3.36. The Morgan fingerprint density at radius 1 is 1.22 bits per heavy atom. The number of nitrogens with one attached hydrogen (secondary N) is 1. The molecule has 0 bridgehead atoms. The molecule has 1 N–H and O–H groups in total. The number of carbonyl (C=O) groups excluding carboxylic acids is 1. The van der Waals surface area contributed by atoms with Crippen LogP contribution in [0.3, 0.4) is 0 Å². The molecular weight excluding hydrogens is 366 g/mol. The molecule has 130 valence electrons. The first-order chi connectivity index (χ1) is 13.3. The number of carbonyl (C=O) groups is 1. The van der Waals surface area contributed by atoms with Crippen molar-refractivity contribution in [3.63, 3.8) is 0 Å². The summed E-state index contributed by atoms with van der Waals surface area (Å²) in [7, 11) is 0. The lowest BCUT2D eigenvalue weighted by Crippen LogP contribution is -2.17. The van der Waals surface area contributed by atoms with Crippen molar-refractivity contribution in [3.8, 4) is 23.1 Å². The van der Waals surface area contributed by atoms with Crippen LogP contribution in [0.15, 0.2) is 49.3 Å². The lowest BCUT2D eigenvalue weighted by atomic mass is 10.2. The maximum Gasteiger partial charge on any atom is 0.277 e. The second kappa shape index (κ2) is 7.06. The van der Waals surface area contributed by atoms with Gasteiger partial charge in [-0.1, -0.05) is 22.6 Å². The standard InChI is InChI=1S/C16H9N9OS/c17-5-13-14(11-3-1-2-4-20-11)22-16(27-13)23-15(26)12-8-21-24-25(12)10-6-18-9-19-7-10/h1-4,6-9H,(H,22,23,26). The first kappa shape index (κ1) is 16.4. The summed E-state index contributed by atoms with van der Waals surface area (Å²) < 4.78 is 1.31. The van der Waals surface area contributed by atoms with Crippen LogP contribution in [0.5, 0.6) is 0 Å². The van der Waals surface area contributed by atoms with Crippen LogP contribution in [0.1, 0.15) is 15.4 Å². The van der Waals surface area contributed by atoms with E-state index in [9.17, 15) is 10.1 Å². The summed E-state index contributed by atoms with van der Waals surface area (Å²) in [5.41, 5.74) is 1.64. The highest BCUT2D eigenvalue weighted by atomic mass is 32.1. The Labute approximate surface area is 156 Å². The SMILES string of the molecule is N#Cc1sc(NC(=O)c2cnnn2-c2cncnc2)nc1-c1ccccn1. The number of hydrogen-bond donors (Lipinski definition) is 1. The fraction of sp³-hybridized carbons (Fsp3) is 0. The van der Waals surface area contributed by atoms with Crippen molar-refractivity contribution in [2.24, 2.45) is 0 Å². The molecule has 27 heavy (non-hydrogen) atoms. The van der Waals surface area contributed by atoms with Crippen molar-refractivity contribution in [1.82, 2.24) is 34.9 Å². The lowest BCUT2D eigenvalue weighted by molar-refractivity contribution is 0.101. The fourth-order valence-electron chi connectivity index (χ4n) is 2.27. The monoisotopic (exact) mass is 375 g/mol. The molecule has 0 atom stereocenters. The molecule has 0 aromatic carbocycles. The fourth-order valence-corrected chi connectivity index (χ4v) is 3.03. The van der Waals surface area contributed by atoms with Gasteiger partial charge in [0.05, 0.1) is 24.3 Å². The predicted octanol–water partition coefficient (Wildman–Crippen LogP) is 1.70. The number of rotatable bonds is 4. The summed E-state index contributed by atoms with van der Waals surface area (Å²) in [6.45, 7) is 0. The molecule has 4 aromatic heterocycles. The van der Waals surface area contributed by atoms with E-state index in [4.69, 9.17) is 0 Å². The van der Waals surface area contributed by atoms with Gasteiger partial charge in [-0.25, -0.2) is 19.6 Å². The zero-order chi connectivity index (χ0) is 18.6. The van der Waals surface area contributed by atoms with Crippen LogP contribution >= 0.6 is 11.3 Å². The molecule has 0 fully saturated rings. The van der Waals surface area contributed by atoms with Crippen molar-refractivity contribution in [2.45, 2.75) is 0 Å². The first-order valence-corrected chi connectivity index (χ1v) is 8.37. The van der Waals surface area contributed by atoms with E-state index in [2.05, 4.69) is 41.6 Å². The molecule has 0 saturated carbocycles. The molecule has 10 nitrogen and oxygen atoms in total. The van der Waals surface area contributed by atoms with Gasteiger partial charge in [-0.15, -0.1) is 5.10 Å². The molecule has 11 heteroatoms. The minimum atomic E-state index is -0.477. The molecule has 0 unspecified atom stereocenters. The van der Waals surface area contributed by atoms with Crippen LogP contribution in [-0.2, 0) is 0 Å². The second-order valence-electron chi connectivity index (χ2n) is 5.11. The average molecular weight is 375 g/mol. The van der Waals surface area contributed by atoms with Crippen LogP contribution in [0.25, 0.3) is 17.1 Å². The molecule has 4 heterocycles. The third-order valence-corrected chi connectivity index (χ3v) is 4.31. The second-order valence-corrected chi connectivity index (χ2v) is 6.10. The topological polar surface area (TPSA) is 135 Å². The van der Waals surface area contributed by atoms with E-state index >= 15 is 0 Å². The molecule has 0 saturated heterocycles. The molecule has 4 rings (SSSR count). The van der Waals surface area contributed by atoms with E-state index in [1.165, 1.54) is 29.6 Å². The largest absolute Gasteiger partial charge is 0.296 e. The third-order valence-electron chi connectivity index (χ3n) is 3.43. The van der Waals surface area contributed by atoms with Gasteiger partial charge in [0.25, 0.3) is 5.91 Å². The summed E-state index contributed by atoms with van der Waals surface area (Å²) in [5.74, 6) is -0.477. The van der Waals surface area contributed by atoms with Crippen LogP contribution in [-0.4, -0.2) is 40.8 Å². The van der Waals surface area contributed by atoms with Gasteiger partial charge in [-0.05, 0) is 12.1 Å². The van der Waals surface area contributed by atoms with E-state index in [0.717, 1.165) is 11.3 Å². The number of anilines is 1. The van der Waals surface area contributed by atoms with Gasteiger partial charge in [0.15, 0.2) is 10.8 Å². The van der Waals surface area contributed by atoms with Gasteiger partial charge >= 0.3 is 0 Å².